The SMILES string of the molecule is CN=C(NCc1cc(F)ccc1F)N1CCC(N2CC=CC2)C1.I. The van der Waals surface area contributed by atoms with Crippen molar-refractivity contribution < 1.29 is 8.78 Å². The molecule has 0 aromatic heterocycles. The van der Waals surface area contributed by atoms with E-state index >= 15 is 0 Å². The second-order valence-corrected chi connectivity index (χ2v) is 5.95. The van der Waals surface area contributed by atoms with Crippen LogP contribution in [0.4, 0.5) is 8.78 Å². The Kier molecular flexibility index (Phi) is 6.97. The number of benzene rings is 1. The molecule has 1 N–H and O–H groups in total. The summed E-state index contributed by atoms with van der Waals surface area (Å²) >= 11 is 0. The van der Waals surface area contributed by atoms with E-state index in [0.29, 0.717) is 11.6 Å². The van der Waals surface area contributed by atoms with Crippen molar-refractivity contribution in [1.82, 2.24) is 15.1 Å². The van der Waals surface area contributed by atoms with E-state index < -0.39 is 11.6 Å². The summed E-state index contributed by atoms with van der Waals surface area (Å²) in [5, 5.41) is 3.14. The van der Waals surface area contributed by atoms with Crippen LogP contribution in [0.15, 0.2) is 35.3 Å². The van der Waals surface area contributed by atoms with E-state index in [9.17, 15) is 8.78 Å². The molecule has 0 bridgehead atoms. The van der Waals surface area contributed by atoms with Crippen molar-refractivity contribution in [3.8, 4) is 0 Å². The normalized spacial score (nSPS) is 21.2. The molecule has 132 valence electrons. The van der Waals surface area contributed by atoms with E-state index in [2.05, 4.69) is 32.3 Å². The van der Waals surface area contributed by atoms with Crippen LogP contribution in [0.25, 0.3) is 0 Å². The van der Waals surface area contributed by atoms with Crippen molar-refractivity contribution in [2.45, 2.75) is 19.0 Å². The highest BCUT2D eigenvalue weighted by atomic mass is 127. The molecule has 3 rings (SSSR count). The van der Waals surface area contributed by atoms with Gasteiger partial charge in [0.25, 0.3) is 0 Å². The Morgan fingerprint density at radius 2 is 2.04 bits per heavy atom. The number of nitrogens with one attached hydrogen (secondary N) is 1. The second kappa shape index (κ2) is 8.75. The van der Waals surface area contributed by atoms with E-state index in [1.165, 1.54) is 6.07 Å². The molecule has 2 aliphatic rings. The van der Waals surface area contributed by atoms with Crippen molar-refractivity contribution in [3.05, 3.63) is 47.5 Å². The zero-order chi connectivity index (χ0) is 16.2. The third-order valence-electron chi connectivity index (χ3n) is 4.48. The fourth-order valence-corrected chi connectivity index (χ4v) is 3.21. The van der Waals surface area contributed by atoms with Crippen LogP contribution in [0.5, 0.6) is 0 Å². The molecule has 1 unspecified atom stereocenters. The molecular formula is C17H23F2IN4. The third kappa shape index (κ3) is 4.44. The molecule has 0 aliphatic carbocycles. The average Bonchev–Trinajstić information content (AvgIpc) is 3.22. The molecule has 0 spiro atoms. The maximum atomic E-state index is 13.7. The zero-order valence-electron chi connectivity index (χ0n) is 13.7. The van der Waals surface area contributed by atoms with Gasteiger partial charge in [0.1, 0.15) is 11.6 Å². The molecule has 2 aliphatic heterocycles. The largest absolute Gasteiger partial charge is 0.352 e. The van der Waals surface area contributed by atoms with Gasteiger partial charge in [0.05, 0.1) is 0 Å². The lowest BCUT2D eigenvalue weighted by Gasteiger charge is -2.25. The van der Waals surface area contributed by atoms with Crippen molar-refractivity contribution in [3.63, 3.8) is 0 Å². The minimum atomic E-state index is -0.430. The van der Waals surface area contributed by atoms with Gasteiger partial charge in [-0.2, -0.15) is 0 Å². The highest BCUT2D eigenvalue weighted by Gasteiger charge is 2.29. The second-order valence-electron chi connectivity index (χ2n) is 5.95. The Labute approximate surface area is 158 Å². The van der Waals surface area contributed by atoms with Crippen molar-refractivity contribution in [2.24, 2.45) is 4.99 Å². The minimum absolute atomic E-state index is 0. The van der Waals surface area contributed by atoms with Gasteiger partial charge in [-0.1, -0.05) is 12.2 Å². The summed E-state index contributed by atoms with van der Waals surface area (Å²) in [6, 6.07) is 4.03. The molecule has 24 heavy (non-hydrogen) atoms. The van der Waals surface area contributed by atoms with Crippen LogP contribution < -0.4 is 5.32 Å². The number of likely N-dealkylation sites (tertiary alicyclic amines) is 1. The van der Waals surface area contributed by atoms with Crippen LogP contribution in [0, 0.1) is 11.6 Å². The van der Waals surface area contributed by atoms with Gasteiger partial charge >= 0.3 is 0 Å². The van der Waals surface area contributed by atoms with E-state index in [-0.39, 0.29) is 30.5 Å². The van der Waals surface area contributed by atoms with Gasteiger partial charge in [0, 0.05) is 51.4 Å². The molecule has 0 amide bonds. The lowest BCUT2D eigenvalue weighted by atomic mass is 10.2. The van der Waals surface area contributed by atoms with Gasteiger partial charge in [-0.25, -0.2) is 8.78 Å². The summed E-state index contributed by atoms with van der Waals surface area (Å²) in [4.78, 5) is 8.90. The summed E-state index contributed by atoms with van der Waals surface area (Å²) in [6.07, 6.45) is 5.49. The number of hydrogen-bond donors (Lipinski definition) is 1. The first-order valence-corrected chi connectivity index (χ1v) is 7.96. The summed E-state index contributed by atoms with van der Waals surface area (Å²) in [5.41, 5.74) is 0.311. The Morgan fingerprint density at radius 3 is 2.75 bits per heavy atom. The Morgan fingerprint density at radius 1 is 1.29 bits per heavy atom. The monoisotopic (exact) mass is 448 g/mol. The average molecular weight is 448 g/mol. The van der Waals surface area contributed by atoms with Gasteiger partial charge in [-0.15, -0.1) is 24.0 Å². The number of guanidine groups is 1. The van der Waals surface area contributed by atoms with Crippen LogP contribution in [-0.4, -0.2) is 55.0 Å². The van der Waals surface area contributed by atoms with Crippen LogP contribution in [0.2, 0.25) is 0 Å². The van der Waals surface area contributed by atoms with Gasteiger partial charge in [0.2, 0.25) is 0 Å². The van der Waals surface area contributed by atoms with Crippen molar-refractivity contribution in [1.29, 1.82) is 0 Å². The summed E-state index contributed by atoms with van der Waals surface area (Å²) in [6.45, 7) is 4.08. The quantitative estimate of drug-likeness (QED) is 0.334. The molecule has 1 saturated heterocycles. The number of aliphatic imine (C=N–C) groups is 1. The highest BCUT2D eigenvalue weighted by molar-refractivity contribution is 14.0. The van der Waals surface area contributed by atoms with Gasteiger partial charge in [0.15, 0.2) is 5.96 Å². The van der Waals surface area contributed by atoms with E-state index in [4.69, 9.17) is 0 Å². The molecule has 1 atom stereocenters. The summed E-state index contributed by atoms with van der Waals surface area (Å²) in [5.74, 6) is -0.0962. The van der Waals surface area contributed by atoms with Crippen LogP contribution in [-0.2, 0) is 6.54 Å². The molecule has 1 aromatic rings. The number of halogens is 3. The van der Waals surface area contributed by atoms with Crippen LogP contribution in [0.3, 0.4) is 0 Å². The topological polar surface area (TPSA) is 30.9 Å². The number of hydrogen-bond acceptors (Lipinski definition) is 2. The lowest BCUT2D eigenvalue weighted by molar-refractivity contribution is 0.259. The summed E-state index contributed by atoms with van der Waals surface area (Å²) in [7, 11) is 1.72. The predicted molar refractivity (Wildman–Crippen MR) is 103 cm³/mol. The van der Waals surface area contributed by atoms with Gasteiger partial charge < -0.3 is 10.2 Å². The zero-order valence-corrected chi connectivity index (χ0v) is 16.0. The molecule has 1 fully saturated rings. The molecule has 1 aromatic carbocycles. The lowest BCUT2D eigenvalue weighted by Crippen LogP contribution is -2.42. The first-order valence-electron chi connectivity index (χ1n) is 7.96. The Bertz CT molecular complexity index is 613. The fraction of sp³-hybridized carbons (Fsp3) is 0.471. The third-order valence-corrected chi connectivity index (χ3v) is 4.48. The van der Waals surface area contributed by atoms with E-state index in [1.807, 2.05) is 0 Å². The maximum absolute atomic E-state index is 13.7. The van der Waals surface area contributed by atoms with Crippen LogP contribution in [0.1, 0.15) is 12.0 Å². The standard InChI is InChI=1S/C17H22F2N4.HI/c1-20-17(21-11-13-10-14(18)4-5-16(13)19)23-9-6-15(12-23)22-7-2-3-8-22;/h2-5,10,15H,6-9,11-12H2,1H3,(H,20,21);1H. The summed E-state index contributed by atoms with van der Waals surface area (Å²) < 4.78 is 26.9. The first-order chi connectivity index (χ1) is 11.2. The molecule has 0 saturated carbocycles. The number of rotatable bonds is 3. The molecule has 0 radical (unpaired) electrons. The molecule has 2 heterocycles. The van der Waals surface area contributed by atoms with E-state index in [1.54, 1.807) is 7.05 Å². The highest BCUT2D eigenvalue weighted by Crippen LogP contribution is 2.18. The van der Waals surface area contributed by atoms with Crippen LogP contribution >= 0.6 is 24.0 Å². The van der Waals surface area contributed by atoms with Crippen molar-refractivity contribution >= 4 is 29.9 Å². The Hall–Kier alpha value is -1.22. The van der Waals surface area contributed by atoms with Gasteiger partial charge in [-0.3, -0.25) is 9.89 Å². The molecular weight excluding hydrogens is 425 g/mol. The Balaban J connectivity index is 0.00000208. The first kappa shape index (κ1) is 19.1. The predicted octanol–water partition coefficient (Wildman–Crippen LogP) is 2.60. The molecule has 4 nitrogen and oxygen atoms in total. The van der Waals surface area contributed by atoms with Gasteiger partial charge in [-0.05, 0) is 24.6 Å². The van der Waals surface area contributed by atoms with Crippen molar-refractivity contribution in [2.75, 3.05) is 33.2 Å². The smallest absolute Gasteiger partial charge is 0.193 e. The maximum Gasteiger partial charge on any atom is 0.193 e. The minimum Gasteiger partial charge on any atom is -0.352 e. The fourth-order valence-electron chi connectivity index (χ4n) is 3.21. The molecule has 7 heteroatoms. The number of nitrogens with zero attached hydrogens (tertiary/aromatic N) is 3. The van der Waals surface area contributed by atoms with E-state index in [0.717, 1.165) is 50.7 Å².